The summed E-state index contributed by atoms with van der Waals surface area (Å²) in [5.41, 5.74) is -1.38. The molecule has 0 aromatic carbocycles. The van der Waals surface area contributed by atoms with Crippen molar-refractivity contribution in [2.45, 2.75) is 50.7 Å². The largest absolute Gasteiger partial charge is 0.455 e. The third kappa shape index (κ3) is 7.29. The van der Waals surface area contributed by atoms with Crippen LogP contribution in [0.5, 0.6) is 0 Å². The van der Waals surface area contributed by atoms with Gasteiger partial charge in [0.2, 0.25) is 5.82 Å². The van der Waals surface area contributed by atoms with Gasteiger partial charge in [0.15, 0.2) is 29.1 Å². The van der Waals surface area contributed by atoms with Crippen LogP contribution in [0.25, 0.3) is 11.2 Å². The molecule has 0 radical (unpaired) electrons. The van der Waals surface area contributed by atoms with Crippen molar-refractivity contribution < 1.29 is 44.2 Å². The minimum Gasteiger partial charge on any atom is -0.455 e. The van der Waals surface area contributed by atoms with Crippen LogP contribution in [0.3, 0.4) is 0 Å². The van der Waals surface area contributed by atoms with Crippen molar-refractivity contribution in [1.82, 2.24) is 19.5 Å². The number of hydrogen-bond acceptors (Lipinski definition) is 15. The van der Waals surface area contributed by atoms with Gasteiger partial charge in [-0.05, 0) is 6.42 Å². The second-order valence-electron chi connectivity index (χ2n) is 8.55. The van der Waals surface area contributed by atoms with Gasteiger partial charge in [-0.2, -0.15) is 16.8 Å². The van der Waals surface area contributed by atoms with E-state index in [0.717, 1.165) is 18.9 Å². The summed E-state index contributed by atoms with van der Waals surface area (Å²) in [5.74, 6) is -0.530. The maximum Gasteiger partial charge on any atom is 0.303 e. The molecule has 3 atom stereocenters. The van der Waals surface area contributed by atoms with E-state index in [1.807, 2.05) is 6.92 Å². The lowest BCUT2D eigenvalue weighted by molar-refractivity contribution is -0.158. The maximum atomic E-state index is 12.2. The van der Waals surface area contributed by atoms with Gasteiger partial charge in [0, 0.05) is 13.5 Å². The predicted molar refractivity (Wildman–Crippen MR) is 133 cm³/mol. The van der Waals surface area contributed by atoms with Crippen LogP contribution in [0.1, 0.15) is 32.9 Å². The molecule has 1 saturated heterocycles. The van der Waals surface area contributed by atoms with E-state index in [1.165, 1.54) is 32.1 Å². The summed E-state index contributed by atoms with van der Waals surface area (Å²) < 4.78 is 77.2. The van der Waals surface area contributed by atoms with Crippen LogP contribution < -0.4 is 0 Å². The first-order valence-corrected chi connectivity index (χ1v) is 15.1. The Kier molecular flexibility index (Phi) is 9.53. The Morgan fingerprint density at radius 1 is 1.16 bits per heavy atom. The summed E-state index contributed by atoms with van der Waals surface area (Å²) in [6.07, 6.45) is 1.89. The number of esters is 1. The highest BCUT2D eigenvalue weighted by molar-refractivity contribution is 7.86. The van der Waals surface area contributed by atoms with Crippen molar-refractivity contribution in [2.24, 2.45) is 10.1 Å². The topological polar surface area (TPSA) is 200 Å². The molecule has 1 unspecified atom stereocenters. The van der Waals surface area contributed by atoms with E-state index in [2.05, 4.69) is 25.1 Å². The van der Waals surface area contributed by atoms with Crippen molar-refractivity contribution in [1.29, 1.82) is 0 Å². The van der Waals surface area contributed by atoms with Crippen LogP contribution in [0.4, 0.5) is 5.82 Å². The SMILES string of the molecule is BN=Nc1ncnc2c1ncn2[C@@H]1OC(COS(C)(=O)=O)(COS(C)(=O)=O)[C@H](OCCCC)C1OC(C)=O. The van der Waals surface area contributed by atoms with Gasteiger partial charge in [-0.3, -0.25) is 22.8 Å². The van der Waals surface area contributed by atoms with Crippen molar-refractivity contribution in [3.8, 4) is 0 Å². The first kappa shape index (κ1) is 30.0. The van der Waals surface area contributed by atoms with Crippen molar-refractivity contribution in [3.05, 3.63) is 12.7 Å². The summed E-state index contributed by atoms with van der Waals surface area (Å²) in [7, 11) is -6.59. The number of carbonyl (C=O) groups is 1. The van der Waals surface area contributed by atoms with E-state index < -0.39 is 63.5 Å². The maximum absolute atomic E-state index is 12.2. The van der Waals surface area contributed by atoms with E-state index in [-0.39, 0.29) is 23.6 Å². The number of imidazole rings is 1. The Bertz CT molecular complexity index is 1350. The van der Waals surface area contributed by atoms with Crippen LogP contribution in [0.2, 0.25) is 0 Å². The molecule has 0 N–H and O–H groups in total. The van der Waals surface area contributed by atoms with Gasteiger partial charge >= 0.3 is 5.97 Å². The third-order valence-electron chi connectivity index (χ3n) is 5.39. The molecule has 1 aliphatic heterocycles. The van der Waals surface area contributed by atoms with Crippen LogP contribution >= 0.6 is 0 Å². The standard InChI is InChI=1S/C19H29BN6O10S2/c1-5-6-7-32-15-14(35-12(2)27)18(26-11-23-13-16(24-25-20)21-10-22-17(13)26)36-19(15,8-33-37(3,28)29)9-34-38(4,30)31/h10-11,14-15,18H,5-9,20H2,1-4H3/t14?,15-,18-/m1/s1. The Balaban J connectivity index is 2.18. The first-order valence-electron chi connectivity index (χ1n) is 11.4. The van der Waals surface area contributed by atoms with Crippen LogP contribution in [0, 0.1) is 0 Å². The average Bonchev–Trinajstić information content (AvgIpc) is 3.36. The fraction of sp³-hybridized carbons (Fsp3) is 0.684. The lowest BCUT2D eigenvalue weighted by atomic mass is 9.96. The number of rotatable bonds is 13. The highest BCUT2D eigenvalue weighted by Gasteiger charge is 2.60. The molecule has 210 valence electrons. The van der Waals surface area contributed by atoms with Gasteiger partial charge in [-0.25, -0.2) is 15.0 Å². The van der Waals surface area contributed by atoms with Gasteiger partial charge in [0.25, 0.3) is 28.2 Å². The van der Waals surface area contributed by atoms with Crippen molar-refractivity contribution in [3.63, 3.8) is 0 Å². The zero-order chi connectivity index (χ0) is 28.1. The Morgan fingerprint density at radius 2 is 1.82 bits per heavy atom. The quantitative estimate of drug-likeness (QED) is 0.0998. The minimum absolute atomic E-state index is 0.155. The van der Waals surface area contributed by atoms with E-state index >= 15 is 0 Å². The average molecular weight is 576 g/mol. The summed E-state index contributed by atoms with van der Waals surface area (Å²) in [4.78, 5) is 24.7. The van der Waals surface area contributed by atoms with Gasteiger partial charge < -0.3 is 14.2 Å². The van der Waals surface area contributed by atoms with Gasteiger partial charge in [-0.15, -0.1) is 5.11 Å². The summed E-state index contributed by atoms with van der Waals surface area (Å²) >= 11 is 0. The minimum atomic E-state index is -4.02. The van der Waals surface area contributed by atoms with Gasteiger partial charge in [0.1, 0.15) is 25.6 Å². The molecule has 0 amide bonds. The summed E-state index contributed by atoms with van der Waals surface area (Å²) in [6.45, 7) is 1.85. The second kappa shape index (κ2) is 12.1. The number of unbranched alkanes of at least 4 members (excludes halogenated alkanes) is 1. The fourth-order valence-electron chi connectivity index (χ4n) is 3.83. The lowest BCUT2D eigenvalue weighted by Crippen LogP contribution is -2.53. The molecule has 2 aromatic rings. The molecule has 2 aromatic heterocycles. The zero-order valence-corrected chi connectivity index (χ0v) is 23.1. The molecule has 0 saturated carbocycles. The van der Waals surface area contributed by atoms with Crippen molar-refractivity contribution >= 4 is 51.2 Å². The van der Waals surface area contributed by atoms with Crippen LogP contribution in [-0.4, -0.2) is 100 Å². The summed E-state index contributed by atoms with van der Waals surface area (Å²) in [5, 5.41) is 7.63. The normalized spacial score (nSPS) is 21.8. The molecule has 19 heteroatoms. The molecule has 38 heavy (non-hydrogen) atoms. The molecule has 0 spiro atoms. The molecule has 1 aliphatic rings. The first-order chi connectivity index (χ1) is 17.8. The van der Waals surface area contributed by atoms with Crippen LogP contribution in [0.15, 0.2) is 22.8 Å². The molecule has 3 rings (SSSR count). The predicted octanol–water partition coefficient (Wildman–Crippen LogP) is -0.205. The van der Waals surface area contributed by atoms with Crippen LogP contribution in [-0.2, 0) is 47.6 Å². The van der Waals surface area contributed by atoms with E-state index in [9.17, 15) is 21.6 Å². The molecule has 0 bridgehead atoms. The smallest absolute Gasteiger partial charge is 0.303 e. The molecular formula is C19H29BN6O10S2. The van der Waals surface area contributed by atoms with E-state index in [4.69, 9.17) is 22.6 Å². The Hall–Kier alpha value is -2.58. The van der Waals surface area contributed by atoms with Gasteiger partial charge in [-0.1, -0.05) is 13.3 Å². The molecule has 1 fully saturated rings. The molecule has 0 aliphatic carbocycles. The van der Waals surface area contributed by atoms with E-state index in [1.54, 1.807) is 0 Å². The monoisotopic (exact) mass is 576 g/mol. The third-order valence-corrected chi connectivity index (χ3v) is 6.49. The number of fused-ring (bicyclic) bond motifs is 1. The number of hydrogen-bond donors (Lipinski definition) is 0. The fourth-order valence-corrected chi connectivity index (χ4v) is 4.66. The molecule has 3 heterocycles. The number of nitrogens with zero attached hydrogens (tertiary/aromatic N) is 6. The highest BCUT2D eigenvalue weighted by Crippen LogP contribution is 2.43. The number of carbonyl (C=O) groups excluding carboxylic acids is 1. The highest BCUT2D eigenvalue weighted by atomic mass is 32.2. The molecule has 16 nitrogen and oxygen atoms in total. The lowest BCUT2D eigenvalue weighted by Gasteiger charge is -2.33. The number of aromatic nitrogens is 4. The molecular weight excluding hydrogens is 547 g/mol. The Morgan fingerprint density at radius 3 is 2.37 bits per heavy atom. The second-order valence-corrected chi connectivity index (χ2v) is 11.8. The van der Waals surface area contributed by atoms with E-state index in [0.29, 0.717) is 6.42 Å². The summed E-state index contributed by atoms with van der Waals surface area (Å²) in [6, 6.07) is 0. The van der Waals surface area contributed by atoms with Gasteiger partial charge in [0.05, 0.1) is 18.8 Å². The van der Waals surface area contributed by atoms with Crippen molar-refractivity contribution in [2.75, 3.05) is 32.3 Å². The zero-order valence-electron chi connectivity index (χ0n) is 21.5. The number of ether oxygens (including phenoxy) is 3. The Labute approximate surface area is 220 Å².